The fraction of sp³-hybridized carbons (Fsp3) is 0.625. The number of nitrogens with one attached hydrogen (secondary N) is 3. The van der Waals surface area contributed by atoms with E-state index in [1.807, 2.05) is 21.0 Å². The average molecular weight is 440 g/mol. The van der Waals surface area contributed by atoms with E-state index in [9.17, 15) is 19.2 Å². The van der Waals surface area contributed by atoms with Crippen molar-refractivity contribution in [3.05, 3.63) is 0 Å². The molecule has 0 aromatic heterocycles. The zero-order valence-electron chi connectivity index (χ0n) is 18.3. The highest BCUT2D eigenvalue weighted by Crippen LogP contribution is 1.89. The molecule has 0 aromatic rings. The summed E-state index contributed by atoms with van der Waals surface area (Å²) in [6, 6.07) is 0. The molecule has 178 valence electrons. The van der Waals surface area contributed by atoms with Gasteiger partial charge >= 0.3 is 5.97 Å². The Labute approximate surface area is 176 Å². The molecule has 14 heteroatoms. The maximum absolute atomic E-state index is 10.4. The molecular weight excluding hydrogens is 404 g/mol. The van der Waals surface area contributed by atoms with E-state index >= 15 is 0 Å². The molecule has 10 N–H and O–H groups in total. The van der Waals surface area contributed by atoms with Crippen molar-refractivity contribution in [2.24, 2.45) is 11.5 Å². The van der Waals surface area contributed by atoms with Gasteiger partial charge in [0.2, 0.25) is 17.7 Å². The second-order valence-corrected chi connectivity index (χ2v) is 5.15. The summed E-state index contributed by atoms with van der Waals surface area (Å²) >= 11 is 0. The lowest BCUT2D eigenvalue weighted by Gasteiger charge is -2.03. The molecule has 1 saturated heterocycles. The number of likely N-dealkylation sites (N-methyl/N-ethyl adjacent to an activating group) is 1. The van der Waals surface area contributed by atoms with Crippen molar-refractivity contribution in [1.82, 2.24) is 15.5 Å². The molecule has 30 heavy (non-hydrogen) atoms. The highest BCUT2D eigenvalue weighted by molar-refractivity contribution is 6.02. The van der Waals surface area contributed by atoms with E-state index in [0.717, 1.165) is 13.3 Å². The predicted octanol–water partition coefficient (Wildman–Crippen LogP) is -2.26. The van der Waals surface area contributed by atoms with Crippen LogP contribution in [0, 0.1) is 5.41 Å². The van der Waals surface area contributed by atoms with Gasteiger partial charge in [0.05, 0.1) is 6.54 Å². The van der Waals surface area contributed by atoms with Crippen molar-refractivity contribution in [3.63, 3.8) is 0 Å². The lowest BCUT2D eigenvalue weighted by Crippen LogP contribution is -2.25. The van der Waals surface area contributed by atoms with Crippen LogP contribution in [-0.4, -0.2) is 90.1 Å². The Hall–Kier alpha value is -3.26. The van der Waals surface area contributed by atoms with Crippen LogP contribution in [0.25, 0.3) is 0 Å². The minimum Gasteiger partial charge on any atom is -0.481 e. The molecule has 1 aliphatic heterocycles. The van der Waals surface area contributed by atoms with E-state index in [4.69, 9.17) is 25.5 Å². The Morgan fingerprint density at radius 3 is 1.50 bits per heavy atom. The second kappa shape index (κ2) is 28.0. The van der Waals surface area contributed by atoms with E-state index < -0.39 is 24.5 Å². The van der Waals surface area contributed by atoms with Crippen molar-refractivity contribution in [3.8, 4) is 0 Å². The van der Waals surface area contributed by atoms with Crippen LogP contribution in [0.3, 0.4) is 0 Å². The van der Waals surface area contributed by atoms with E-state index in [0.29, 0.717) is 13.0 Å². The van der Waals surface area contributed by atoms with Gasteiger partial charge in [-0.2, -0.15) is 0 Å². The minimum atomic E-state index is -0.833. The van der Waals surface area contributed by atoms with Crippen molar-refractivity contribution < 1.29 is 39.3 Å². The fourth-order valence-corrected chi connectivity index (χ4v) is 0.775. The summed E-state index contributed by atoms with van der Waals surface area (Å²) in [5.41, 5.74) is 8.88. The normalized spacial score (nSPS) is 10.3. The van der Waals surface area contributed by atoms with Gasteiger partial charge in [-0.15, -0.1) is 0 Å². The van der Waals surface area contributed by atoms with Crippen LogP contribution in [0.4, 0.5) is 0 Å². The number of aliphatic hydroxyl groups is 1. The first-order valence-electron chi connectivity index (χ1n) is 8.37. The van der Waals surface area contributed by atoms with Gasteiger partial charge in [-0.1, -0.05) is 6.92 Å². The van der Waals surface area contributed by atoms with Crippen LogP contribution < -0.4 is 22.1 Å². The van der Waals surface area contributed by atoms with Gasteiger partial charge in [-0.05, 0) is 20.5 Å². The van der Waals surface area contributed by atoms with Crippen LogP contribution in [0.5, 0.6) is 0 Å². The number of aliphatic hydroxyl groups excluding tert-OH is 1. The van der Waals surface area contributed by atoms with Crippen LogP contribution in [0.1, 0.15) is 33.6 Å². The number of primary amides is 2. The van der Waals surface area contributed by atoms with E-state index in [1.165, 1.54) is 6.92 Å². The molecule has 0 aromatic carbocycles. The maximum atomic E-state index is 10.4. The zero-order chi connectivity index (χ0) is 25.3. The number of hydrogen-bond acceptors (Lipinski definition) is 8. The molecule has 1 heterocycles. The smallest absolute Gasteiger partial charge is 0.303 e. The van der Waals surface area contributed by atoms with Crippen LogP contribution in [0.2, 0.25) is 0 Å². The van der Waals surface area contributed by atoms with Crippen molar-refractivity contribution in [2.45, 2.75) is 33.6 Å². The Balaban J connectivity index is -0.0000000864. The number of carbonyl (C=O) groups excluding carboxylic acids is 3. The van der Waals surface area contributed by atoms with Crippen molar-refractivity contribution in [2.75, 3.05) is 34.3 Å². The summed E-state index contributed by atoms with van der Waals surface area (Å²) in [4.78, 5) is 49.1. The highest BCUT2D eigenvalue weighted by atomic mass is 16.4. The van der Waals surface area contributed by atoms with Crippen molar-refractivity contribution in [1.29, 1.82) is 5.41 Å². The summed E-state index contributed by atoms with van der Waals surface area (Å²) in [7, 11) is 5.44. The largest absolute Gasteiger partial charge is 0.481 e. The Bertz CT molecular complexity index is 494. The number of carboxylic acid groups (broad SMARTS) is 2. The molecule has 1 aliphatic rings. The first-order chi connectivity index (χ1) is 13.6. The third-order valence-corrected chi connectivity index (χ3v) is 1.64. The molecule has 1 fully saturated rings. The standard InChI is InChI=1S/C4H7N3O.C4H8O2.C2H5NO2.C2H5NO.C2H7N.C2H4O2/c1-7-2-3(8)6-4(7)5;1-2-3-4(5)6;3-2(5)1-4;1-2(3)4;1-3-2;1-2(3)4/h2H2,1H3,(H2,5,6,8);2-3H2,1H3,(H,5,6);4H,1H2,(H2,3,5);1H3,(H2,3,4);3H,1-2H3;1H3,(H,3,4). The predicted molar refractivity (Wildman–Crippen MR) is 110 cm³/mol. The summed E-state index contributed by atoms with van der Waals surface area (Å²) in [6.45, 7) is 3.99. The first kappa shape index (κ1) is 37.5. The van der Waals surface area contributed by atoms with E-state index in [2.05, 4.69) is 22.1 Å². The minimum absolute atomic E-state index is 0.0995. The van der Waals surface area contributed by atoms with Crippen molar-refractivity contribution >= 4 is 35.6 Å². The van der Waals surface area contributed by atoms with Gasteiger partial charge in [0.25, 0.3) is 5.97 Å². The van der Waals surface area contributed by atoms with E-state index in [-0.39, 0.29) is 17.8 Å². The molecule has 0 aliphatic carbocycles. The lowest BCUT2D eigenvalue weighted by molar-refractivity contribution is -0.137. The van der Waals surface area contributed by atoms with Gasteiger partial charge in [0.15, 0.2) is 5.96 Å². The number of rotatable bonds is 3. The highest BCUT2D eigenvalue weighted by Gasteiger charge is 2.18. The SMILES string of the molecule is CC(=O)O.CC(N)=O.CCCC(=O)O.CN1CC(=O)NC1=N.CNC.NC(=O)CO. The third-order valence-electron chi connectivity index (χ3n) is 1.64. The van der Waals surface area contributed by atoms with Gasteiger partial charge < -0.3 is 37.0 Å². The monoisotopic (exact) mass is 440 g/mol. The van der Waals surface area contributed by atoms with Crippen LogP contribution >= 0.6 is 0 Å². The Morgan fingerprint density at radius 2 is 1.47 bits per heavy atom. The molecule has 0 saturated carbocycles. The average Bonchev–Trinajstić information content (AvgIpc) is 2.84. The first-order valence-corrected chi connectivity index (χ1v) is 8.37. The van der Waals surface area contributed by atoms with Gasteiger partial charge in [-0.25, -0.2) is 0 Å². The number of nitrogens with zero attached hydrogens (tertiary/aromatic N) is 1. The molecular formula is C16H36N6O8. The Kier molecular flexibility index (Phi) is 34.9. The summed E-state index contributed by atoms with van der Waals surface area (Å²) in [5, 5.41) is 35.1. The molecule has 0 radical (unpaired) electrons. The fourth-order valence-electron chi connectivity index (χ4n) is 0.775. The number of hydrogen-bond donors (Lipinski definition) is 8. The quantitative estimate of drug-likeness (QED) is 0.234. The second-order valence-electron chi connectivity index (χ2n) is 5.15. The lowest BCUT2D eigenvalue weighted by atomic mass is 10.4. The molecule has 0 bridgehead atoms. The molecule has 0 unspecified atom stereocenters. The number of nitrogens with two attached hydrogens (primary N) is 2. The molecule has 0 spiro atoms. The van der Waals surface area contributed by atoms with Crippen LogP contribution in [-0.2, 0) is 24.0 Å². The number of carboxylic acids is 2. The maximum Gasteiger partial charge on any atom is 0.303 e. The van der Waals surface area contributed by atoms with Gasteiger partial charge in [-0.3, -0.25) is 34.7 Å². The molecule has 14 nitrogen and oxygen atoms in total. The molecule has 3 amide bonds. The van der Waals surface area contributed by atoms with E-state index in [1.54, 1.807) is 11.9 Å². The number of carbonyl (C=O) groups is 5. The molecule has 0 atom stereocenters. The van der Waals surface area contributed by atoms with Gasteiger partial charge in [0.1, 0.15) is 6.61 Å². The summed E-state index contributed by atoms with van der Waals surface area (Å²) < 4.78 is 0. The van der Waals surface area contributed by atoms with Gasteiger partial charge in [0, 0.05) is 27.3 Å². The summed E-state index contributed by atoms with van der Waals surface area (Å²) in [5.74, 6) is -2.48. The number of guanidine groups is 1. The number of amides is 3. The van der Waals surface area contributed by atoms with Crippen LogP contribution in [0.15, 0.2) is 0 Å². The number of aliphatic carboxylic acids is 2. The summed E-state index contributed by atoms with van der Waals surface area (Å²) in [6.07, 6.45) is 1.02. The zero-order valence-corrected chi connectivity index (χ0v) is 18.3. The topological polar surface area (TPSA) is 249 Å². The molecule has 1 rings (SSSR count). The Morgan fingerprint density at radius 1 is 1.17 bits per heavy atom. The third kappa shape index (κ3) is 73.9.